The summed E-state index contributed by atoms with van der Waals surface area (Å²) in [5, 5.41) is 11.8. The van der Waals surface area contributed by atoms with Gasteiger partial charge in [-0.25, -0.2) is 4.79 Å². The van der Waals surface area contributed by atoms with Crippen molar-refractivity contribution in [3.63, 3.8) is 0 Å². The van der Waals surface area contributed by atoms with Crippen LogP contribution in [0, 0.1) is 11.3 Å². The van der Waals surface area contributed by atoms with Gasteiger partial charge in [0.1, 0.15) is 18.2 Å². The standard InChI is InChI=1S/C17H20N2O5/c1-4-7-19-17(21)13(10-18)8-12-5-6-14(15(9-12)23-3)24-16(20)11-22-2/h5-6,8-9H,4,7,11H2,1-3H3,(H,19,21)/b13-8+. The first-order valence-corrected chi connectivity index (χ1v) is 7.33. The van der Waals surface area contributed by atoms with Crippen molar-refractivity contribution >= 4 is 18.0 Å². The molecular weight excluding hydrogens is 312 g/mol. The summed E-state index contributed by atoms with van der Waals surface area (Å²) < 4.78 is 15.0. The number of ether oxygens (including phenoxy) is 3. The third kappa shape index (κ3) is 5.74. The molecule has 24 heavy (non-hydrogen) atoms. The second-order valence-electron chi connectivity index (χ2n) is 4.74. The second-order valence-corrected chi connectivity index (χ2v) is 4.74. The van der Waals surface area contributed by atoms with Gasteiger partial charge in [-0.2, -0.15) is 5.26 Å². The predicted molar refractivity (Wildman–Crippen MR) is 87.4 cm³/mol. The fourth-order valence-electron chi connectivity index (χ4n) is 1.78. The van der Waals surface area contributed by atoms with E-state index in [0.717, 1.165) is 6.42 Å². The van der Waals surface area contributed by atoms with Crippen LogP contribution in [0.15, 0.2) is 23.8 Å². The van der Waals surface area contributed by atoms with Gasteiger partial charge in [-0.1, -0.05) is 13.0 Å². The summed E-state index contributed by atoms with van der Waals surface area (Å²) in [6, 6.07) is 6.57. The normalized spacial score (nSPS) is 10.7. The van der Waals surface area contributed by atoms with Crippen LogP contribution in [0.2, 0.25) is 0 Å². The van der Waals surface area contributed by atoms with Crippen molar-refractivity contribution in [2.24, 2.45) is 0 Å². The molecular formula is C17H20N2O5. The summed E-state index contributed by atoms with van der Waals surface area (Å²) in [6.07, 6.45) is 2.22. The minimum absolute atomic E-state index is 0.0189. The lowest BCUT2D eigenvalue weighted by Gasteiger charge is -2.10. The molecule has 128 valence electrons. The van der Waals surface area contributed by atoms with E-state index < -0.39 is 11.9 Å². The highest BCUT2D eigenvalue weighted by Crippen LogP contribution is 2.29. The Bertz CT molecular complexity index is 661. The number of hydrogen-bond donors (Lipinski definition) is 1. The maximum atomic E-state index is 11.9. The van der Waals surface area contributed by atoms with Crippen molar-refractivity contribution in [3.05, 3.63) is 29.3 Å². The van der Waals surface area contributed by atoms with E-state index in [4.69, 9.17) is 19.5 Å². The maximum absolute atomic E-state index is 11.9. The van der Waals surface area contributed by atoms with Gasteiger partial charge in [0.25, 0.3) is 5.91 Å². The fourth-order valence-corrected chi connectivity index (χ4v) is 1.78. The lowest BCUT2D eigenvalue weighted by molar-refractivity contribution is -0.138. The van der Waals surface area contributed by atoms with Crippen molar-refractivity contribution in [3.8, 4) is 17.6 Å². The number of hydrogen-bond acceptors (Lipinski definition) is 6. The zero-order valence-corrected chi connectivity index (χ0v) is 13.9. The van der Waals surface area contributed by atoms with Crippen LogP contribution in [0.4, 0.5) is 0 Å². The zero-order valence-electron chi connectivity index (χ0n) is 13.9. The third-order valence-corrected chi connectivity index (χ3v) is 2.89. The Hall–Kier alpha value is -2.85. The number of esters is 1. The minimum atomic E-state index is -0.559. The first-order chi connectivity index (χ1) is 11.5. The first kappa shape index (κ1) is 19.2. The summed E-state index contributed by atoms with van der Waals surface area (Å²) in [7, 11) is 2.81. The molecule has 1 aromatic carbocycles. The first-order valence-electron chi connectivity index (χ1n) is 7.33. The monoisotopic (exact) mass is 332 g/mol. The number of benzene rings is 1. The van der Waals surface area contributed by atoms with E-state index in [1.165, 1.54) is 26.4 Å². The molecule has 0 radical (unpaired) electrons. The van der Waals surface area contributed by atoms with E-state index in [2.05, 4.69) is 5.32 Å². The molecule has 0 fully saturated rings. The Balaban J connectivity index is 3.01. The van der Waals surface area contributed by atoms with Gasteiger partial charge in [-0.15, -0.1) is 0 Å². The fraction of sp³-hybridized carbons (Fsp3) is 0.353. The van der Waals surface area contributed by atoms with Crippen molar-refractivity contribution in [1.29, 1.82) is 5.26 Å². The van der Waals surface area contributed by atoms with Gasteiger partial charge in [0.2, 0.25) is 0 Å². The summed E-state index contributed by atoms with van der Waals surface area (Å²) >= 11 is 0. The number of carbonyl (C=O) groups is 2. The highest BCUT2D eigenvalue weighted by Gasteiger charge is 2.12. The molecule has 0 saturated carbocycles. The molecule has 1 amide bonds. The molecule has 7 heteroatoms. The summed E-state index contributed by atoms with van der Waals surface area (Å²) in [6.45, 7) is 2.24. The zero-order chi connectivity index (χ0) is 17.9. The molecule has 0 aliphatic rings. The Morgan fingerprint density at radius 1 is 1.29 bits per heavy atom. The average Bonchev–Trinajstić information content (AvgIpc) is 2.58. The number of methoxy groups -OCH3 is 2. The number of nitrogens with one attached hydrogen (secondary N) is 1. The highest BCUT2D eigenvalue weighted by atomic mass is 16.6. The van der Waals surface area contributed by atoms with Crippen LogP contribution in [0.3, 0.4) is 0 Å². The second kappa shape index (κ2) is 10.0. The molecule has 0 aliphatic carbocycles. The molecule has 1 N–H and O–H groups in total. The molecule has 0 heterocycles. The Kier molecular flexibility index (Phi) is 8.02. The van der Waals surface area contributed by atoms with Crippen LogP contribution >= 0.6 is 0 Å². The molecule has 0 atom stereocenters. The van der Waals surface area contributed by atoms with Gasteiger partial charge in [-0.3, -0.25) is 4.79 Å². The maximum Gasteiger partial charge on any atom is 0.337 e. The number of nitriles is 1. The Labute approximate surface area is 140 Å². The summed E-state index contributed by atoms with van der Waals surface area (Å²) in [5.41, 5.74) is 0.552. The van der Waals surface area contributed by atoms with Gasteiger partial charge >= 0.3 is 5.97 Å². The van der Waals surface area contributed by atoms with Crippen LogP contribution in [0.1, 0.15) is 18.9 Å². The van der Waals surface area contributed by atoms with Gasteiger partial charge in [0.05, 0.1) is 7.11 Å². The van der Waals surface area contributed by atoms with Gasteiger partial charge in [0, 0.05) is 13.7 Å². The number of rotatable bonds is 8. The number of carbonyl (C=O) groups excluding carboxylic acids is 2. The molecule has 0 aliphatic heterocycles. The topological polar surface area (TPSA) is 97.7 Å². The van der Waals surface area contributed by atoms with Crippen molar-refractivity contribution in [2.45, 2.75) is 13.3 Å². The number of amides is 1. The summed E-state index contributed by atoms with van der Waals surface area (Å²) in [4.78, 5) is 23.3. The molecule has 0 saturated heterocycles. The highest BCUT2D eigenvalue weighted by molar-refractivity contribution is 6.01. The smallest absolute Gasteiger partial charge is 0.337 e. The van der Waals surface area contributed by atoms with Crippen LogP contribution in [-0.2, 0) is 14.3 Å². The Morgan fingerprint density at radius 3 is 2.62 bits per heavy atom. The van der Waals surface area contributed by atoms with Crippen LogP contribution < -0.4 is 14.8 Å². The molecule has 7 nitrogen and oxygen atoms in total. The number of nitrogens with zero attached hydrogens (tertiary/aromatic N) is 1. The van der Waals surface area contributed by atoms with Gasteiger partial charge in [-0.05, 0) is 30.2 Å². The molecule has 1 aromatic rings. The van der Waals surface area contributed by atoms with Gasteiger partial charge in [0.15, 0.2) is 11.5 Å². The summed E-state index contributed by atoms with van der Waals surface area (Å²) in [5.74, 6) is -0.463. The van der Waals surface area contributed by atoms with Crippen LogP contribution in [-0.4, -0.2) is 39.2 Å². The largest absolute Gasteiger partial charge is 0.493 e. The van der Waals surface area contributed by atoms with Crippen molar-refractivity contribution < 1.29 is 23.8 Å². The quantitative estimate of drug-likeness (QED) is 0.337. The molecule has 1 rings (SSSR count). The van der Waals surface area contributed by atoms with E-state index in [-0.39, 0.29) is 17.9 Å². The van der Waals surface area contributed by atoms with E-state index in [1.54, 1.807) is 12.1 Å². The van der Waals surface area contributed by atoms with Gasteiger partial charge < -0.3 is 19.5 Å². The Morgan fingerprint density at radius 2 is 2.04 bits per heavy atom. The van der Waals surface area contributed by atoms with Crippen LogP contribution in [0.5, 0.6) is 11.5 Å². The van der Waals surface area contributed by atoms with E-state index in [1.807, 2.05) is 13.0 Å². The van der Waals surface area contributed by atoms with Crippen molar-refractivity contribution in [2.75, 3.05) is 27.4 Å². The predicted octanol–water partition coefficient (Wildman–Crippen LogP) is 1.68. The molecule has 0 unspecified atom stereocenters. The molecule has 0 aromatic heterocycles. The van der Waals surface area contributed by atoms with E-state index in [0.29, 0.717) is 17.9 Å². The minimum Gasteiger partial charge on any atom is -0.493 e. The van der Waals surface area contributed by atoms with E-state index in [9.17, 15) is 9.59 Å². The lowest BCUT2D eigenvalue weighted by atomic mass is 10.1. The van der Waals surface area contributed by atoms with Crippen LogP contribution in [0.25, 0.3) is 6.08 Å². The average molecular weight is 332 g/mol. The molecule has 0 spiro atoms. The van der Waals surface area contributed by atoms with E-state index >= 15 is 0 Å². The molecule has 0 bridgehead atoms. The van der Waals surface area contributed by atoms with Crippen molar-refractivity contribution in [1.82, 2.24) is 5.32 Å². The third-order valence-electron chi connectivity index (χ3n) is 2.89. The SMILES string of the molecule is CCCNC(=O)/C(C#N)=C/c1ccc(OC(=O)COC)c(OC)c1. The lowest BCUT2D eigenvalue weighted by Crippen LogP contribution is -2.25.